The Balaban J connectivity index is 1.45. The molecule has 1 unspecified atom stereocenters. The highest BCUT2D eigenvalue weighted by Gasteiger charge is 2.45. The van der Waals surface area contributed by atoms with Gasteiger partial charge in [0, 0.05) is 5.75 Å². The SMILES string of the molecule is Cc1ccc(CSc2nnc(N3C(=O)C(O)=C(C(=O)C=Cc4ccccc4)C3c3ccc(F)cc3)s2)cc1. The molecule has 0 fully saturated rings. The lowest BCUT2D eigenvalue weighted by atomic mass is 9.96. The predicted octanol–water partition coefficient (Wildman–Crippen LogP) is 6.46. The highest BCUT2D eigenvalue weighted by molar-refractivity contribution is 8.00. The number of hydrogen-bond acceptors (Lipinski definition) is 7. The molecule has 1 atom stereocenters. The number of carbonyl (C=O) groups excluding carboxylic acids is 2. The molecule has 1 aromatic heterocycles. The van der Waals surface area contributed by atoms with E-state index in [-0.39, 0.29) is 10.7 Å². The van der Waals surface area contributed by atoms with Crippen LogP contribution in [0.1, 0.15) is 28.3 Å². The van der Waals surface area contributed by atoms with Gasteiger partial charge in [-0.25, -0.2) is 4.39 Å². The molecule has 0 aliphatic carbocycles. The molecule has 38 heavy (non-hydrogen) atoms. The van der Waals surface area contributed by atoms with E-state index in [2.05, 4.69) is 10.2 Å². The molecule has 190 valence electrons. The van der Waals surface area contributed by atoms with Crippen LogP contribution in [0.3, 0.4) is 0 Å². The van der Waals surface area contributed by atoms with Crippen LogP contribution >= 0.6 is 23.1 Å². The number of benzene rings is 3. The smallest absolute Gasteiger partial charge is 0.296 e. The second-order valence-electron chi connectivity index (χ2n) is 8.62. The van der Waals surface area contributed by atoms with Gasteiger partial charge in [-0.3, -0.25) is 14.5 Å². The summed E-state index contributed by atoms with van der Waals surface area (Å²) in [4.78, 5) is 27.8. The van der Waals surface area contributed by atoms with Crippen molar-refractivity contribution in [3.63, 3.8) is 0 Å². The van der Waals surface area contributed by atoms with Crippen LogP contribution in [0.25, 0.3) is 6.08 Å². The Labute approximate surface area is 227 Å². The van der Waals surface area contributed by atoms with Gasteiger partial charge in [0.05, 0.1) is 11.6 Å². The number of rotatable bonds is 8. The van der Waals surface area contributed by atoms with Crippen LogP contribution in [0.2, 0.25) is 0 Å². The fourth-order valence-corrected chi connectivity index (χ4v) is 5.85. The number of allylic oxidation sites excluding steroid dienone is 1. The maximum Gasteiger partial charge on any atom is 0.296 e. The third-order valence-corrected chi connectivity index (χ3v) is 8.10. The second kappa shape index (κ2) is 11.1. The van der Waals surface area contributed by atoms with E-state index in [9.17, 15) is 19.1 Å². The minimum Gasteiger partial charge on any atom is -0.503 e. The highest BCUT2D eigenvalue weighted by Crippen LogP contribution is 2.43. The van der Waals surface area contributed by atoms with Crippen molar-refractivity contribution in [2.45, 2.75) is 23.1 Å². The number of thioether (sulfide) groups is 1. The van der Waals surface area contributed by atoms with E-state index in [4.69, 9.17) is 0 Å². The van der Waals surface area contributed by atoms with Gasteiger partial charge in [-0.15, -0.1) is 10.2 Å². The molecule has 3 aromatic carbocycles. The van der Waals surface area contributed by atoms with Gasteiger partial charge in [-0.1, -0.05) is 101 Å². The number of halogens is 1. The first kappa shape index (κ1) is 25.6. The number of carbonyl (C=O) groups is 2. The van der Waals surface area contributed by atoms with E-state index in [0.29, 0.717) is 15.7 Å². The average molecular weight is 544 g/mol. The molecule has 0 bridgehead atoms. The molecule has 1 N–H and O–H groups in total. The first-order chi connectivity index (χ1) is 18.4. The molecular weight excluding hydrogens is 521 g/mol. The highest BCUT2D eigenvalue weighted by atomic mass is 32.2. The van der Waals surface area contributed by atoms with Crippen LogP contribution in [-0.2, 0) is 15.3 Å². The summed E-state index contributed by atoms with van der Waals surface area (Å²) in [6, 6.07) is 21.9. The van der Waals surface area contributed by atoms with Crippen LogP contribution in [0, 0.1) is 12.7 Å². The lowest BCUT2D eigenvalue weighted by molar-refractivity contribution is -0.117. The zero-order valence-corrected chi connectivity index (χ0v) is 21.9. The van der Waals surface area contributed by atoms with Gasteiger partial charge >= 0.3 is 0 Å². The van der Waals surface area contributed by atoms with E-state index < -0.39 is 29.3 Å². The van der Waals surface area contributed by atoms with Crippen LogP contribution < -0.4 is 4.90 Å². The van der Waals surface area contributed by atoms with E-state index in [1.165, 1.54) is 63.9 Å². The Morgan fingerprint density at radius 3 is 2.47 bits per heavy atom. The number of aliphatic hydroxyl groups is 1. The van der Waals surface area contributed by atoms with Crippen LogP contribution in [-0.4, -0.2) is 27.0 Å². The summed E-state index contributed by atoms with van der Waals surface area (Å²) in [5.41, 5.74) is 3.45. The van der Waals surface area contributed by atoms with Crippen LogP contribution in [0.4, 0.5) is 9.52 Å². The molecule has 1 aliphatic heterocycles. The van der Waals surface area contributed by atoms with E-state index in [1.807, 2.05) is 61.5 Å². The quantitative estimate of drug-likeness (QED) is 0.156. The van der Waals surface area contributed by atoms with Gasteiger partial charge in [0.25, 0.3) is 5.91 Å². The minimum absolute atomic E-state index is 0.0992. The van der Waals surface area contributed by atoms with Crippen LogP contribution in [0.5, 0.6) is 0 Å². The fraction of sp³-hybridized carbons (Fsp3) is 0.103. The minimum atomic E-state index is -0.987. The van der Waals surface area contributed by atoms with E-state index in [0.717, 1.165) is 11.1 Å². The summed E-state index contributed by atoms with van der Waals surface area (Å²) < 4.78 is 14.4. The number of aromatic nitrogens is 2. The number of anilines is 1. The number of nitrogens with zero attached hydrogens (tertiary/aromatic N) is 3. The topological polar surface area (TPSA) is 83.4 Å². The first-order valence-electron chi connectivity index (χ1n) is 11.7. The summed E-state index contributed by atoms with van der Waals surface area (Å²) >= 11 is 2.66. The number of amides is 1. The molecule has 2 heterocycles. The third-order valence-electron chi connectivity index (χ3n) is 5.97. The number of aryl methyl sites for hydroxylation is 1. The zero-order valence-electron chi connectivity index (χ0n) is 20.2. The van der Waals surface area contributed by atoms with E-state index in [1.54, 1.807) is 6.08 Å². The number of ketones is 1. The Morgan fingerprint density at radius 1 is 1.05 bits per heavy atom. The monoisotopic (exact) mass is 543 g/mol. The Hall–Kier alpha value is -4.08. The van der Waals surface area contributed by atoms with E-state index >= 15 is 0 Å². The second-order valence-corrected chi connectivity index (χ2v) is 10.8. The molecule has 6 nitrogen and oxygen atoms in total. The molecule has 1 amide bonds. The van der Waals surface area contributed by atoms with Gasteiger partial charge in [-0.05, 0) is 41.8 Å². The van der Waals surface area contributed by atoms with Crippen molar-refractivity contribution in [3.05, 3.63) is 124 Å². The molecule has 4 aromatic rings. The van der Waals surface area contributed by atoms with Gasteiger partial charge in [0.2, 0.25) is 5.13 Å². The maximum absolute atomic E-state index is 13.7. The van der Waals surface area contributed by atoms with Crippen molar-refractivity contribution in [2.24, 2.45) is 0 Å². The molecule has 0 saturated heterocycles. The lowest BCUT2D eigenvalue weighted by Gasteiger charge is -2.23. The maximum atomic E-state index is 13.7. The van der Waals surface area contributed by atoms with Gasteiger partial charge in [-0.2, -0.15) is 0 Å². The lowest BCUT2D eigenvalue weighted by Crippen LogP contribution is -2.30. The summed E-state index contributed by atoms with van der Waals surface area (Å²) in [5, 5.41) is 19.5. The molecule has 1 aliphatic rings. The van der Waals surface area contributed by atoms with Crippen molar-refractivity contribution in [1.82, 2.24) is 10.2 Å². The van der Waals surface area contributed by atoms with Crippen molar-refractivity contribution in [2.75, 3.05) is 4.90 Å². The molecule has 9 heteroatoms. The predicted molar refractivity (Wildman–Crippen MR) is 147 cm³/mol. The molecule has 0 spiro atoms. The van der Waals surface area contributed by atoms with Gasteiger partial charge in [0.1, 0.15) is 5.82 Å². The standard InChI is InChI=1S/C29H22FN3O3S2/c1-18-7-9-20(10-8-18)17-37-29-32-31-28(38-29)33-25(21-12-14-22(30)15-13-21)24(26(35)27(33)36)23(34)16-11-19-5-3-2-4-6-19/h2-16,25,35H,17H2,1H3. The van der Waals surface area contributed by atoms with Crippen molar-refractivity contribution < 1.29 is 19.1 Å². The summed E-state index contributed by atoms with van der Waals surface area (Å²) in [6.07, 6.45) is 2.93. The largest absolute Gasteiger partial charge is 0.503 e. The molecule has 5 rings (SSSR count). The Bertz CT molecular complexity index is 1530. The molecule has 0 saturated carbocycles. The van der Waals surface area contributed by atoms with Gasteiger partial charge < -0.3 is 5.11 Å². The van der Waals surface area contributed by atoms with Crippen molar-refractivity contribution in [1.29, 1.82) is 0 Å². The first-order valence-corrected chi connectivity index (χ1v) is 13.5. The molecular formula is C29H22FN3O3S2. The van der Waals surface area contributed by atoms with Crippen LogP contribution in [0.15, 0.2) is 101 Å². The van der Waals surface area contributed by atoms with Crippen molar-refractivity contribution in [3.8, 4) is 0 Å². The number of hydrogen-bond donors (Lipinski definition) is 1. The summed E-state index contributed by atoms with van der Waals surface area (Å²) in [5.74, 6) is -1.74. The van der Waals surface area contributed by atoms with Crippen molar-refractivity contribution >= 4 is 46.0 Å². The zero-order chi connectivity index (χ0) is 26.6. The van der Waals surface area contributed by atoms with Gasteiger partial charge in [0.15, 0.2) is 15.9 Å². The number of aliphatic hydroxyl groups excluding tert-OH is 1. The Kier molecular flexibility index (Phi) is 7.48. The summed E-state index contributed by atoms with van der Waals surface area (Å²) in [6.45, 7) is 2.03. The average Bonchev–Trinajstić information content (AvgIpc) is 3.50. The fourth-order valence-electron chi connectivity index (χ4n) is 4.03. The normalized spacial score (nSPS) is 15.6. The summed E-state index contributed by atoms with van der Waals surface area (Å²) in [7, 11) is 0. The molecule has 0 radical (unpaired) electrons. The third kappa shape index (κ3) is 5.44. The Morgan fingerprint density at radius 2 is 1.76 bits per heavy atom.